The molecule has 46 heavy (non-hydrogen) atoms. The zero-order chi connectivity index (χ0) is 33.2. The number of hydrogen-bond donors (Lipinski definition) is 0. The maximum absolute atomic E-state index is 5.99. The van der Waals surface area contributed by atoms with Crippen LogP contribution in [0.1, 0.15) is 18.1 Å². The van der Waals surface area contributed by atoms with Gasteiger partial charge in [0.15, 0.2) is 30.8 Å². The van der Waals surface area contributed by atoms with Gasteiger partial charge in [-0.3, -0.25) is 0 Å². The molecule has 242 valence electrons. The van der Waals surface area contributed by atoms with Crippen molar-refractivity contribution in [1.82, 2.24) is 15.0 Å². The maximum atomic E-state index is 5.99. The second-order valence-electron chi connectivity index (χ2n) is 10.9. The zero-order valence-electron chi connectivity index (χ0n) is 25.4. The molecule has 0 saturated heterocycles. The molecule has 3 aromatic carbocycles. The molecule has 2 heterocycles. The van der Waals surface area contributed by atoms with Crippen LogP contribution in [-0.2, 0) is 18.9 Å². The lowest BCUT2D eigenvalue weighted by atomic mass is 10.1. The third-order valence-corrected chi connectivity index (χ3v) is 8.20. The molecule has 0 aliphatic heterocycles. The lowest BCUT2D eigenvalue weighted by molar-refractivity contribution is -0.646. The number of alkyl halides is 6. The molecular formula is C32H31Cl6N6O2+. The van der Waals surface area contributed by atoms with Crippen LogP contribution in [0.2, 0.25) is 0 Å². The molecule has 8 nitrogen and oxygen atoms in total. The predicted octanol–water partition coefficient (Wildman–Crippen LogP) is 8.36. The van der Waals surface area contributed by atoms with Gasteiger partial charge >= 0.3 is 0 Å². The van der Waals surface area contributed by atoms with Gasteiger partial charge in [0.2, 0.25) is 18.6 Å². The first-order valence-corrected chi connectivity index (χ1v) is 16.4. The summed E-state index contributed by atoms with van der Waals surface area (Å²) < 4.78 is 10.2. The van der Waals surface area contributed by atoms with Gasteiger partial charge in [0.1, 0.15) is 5.75 Å². The Morgan fingerprint density at radius 2 is 1.20 bits per heavy atom. The Morgan fingerprint density at radius 1 is 0.674 bits per heavy atom. The minimum absolute atomic E-state index is 0.0798. The SMILES string of the molecule is CN(C)c1ccc2cc3ccc(N(C)C)cc3[n+](CCCOCOc3ccc(-c4nc(C(Cl)(Cl)Cl)nc(C(Cl)(Cl)Cl)n4)cc3)c2c1. The molecule has 0 aliphatic carbocycles. The normalized spacial score (nSPS) is 12.1. The summed E-state index contributed by atoms with van der Waals surface area (Å²) in [6.07, 6.45) is 0.788. The molecule has 5 aromatic rings. The molecule has 0 bridgehead atoms. The third-order valence-electron chi connectivity index (χ3n) is 7.19. The zero-order valence-corrected chi connectivity index (χ0v) is 30.0. The Balaban J connectivity index is 1.25. The first kappa shape index (κ1) is 34.8. The smallest absolute Gasteiger partial charge is 0.250 e. The molecule has 0 N–H and O–H groups in total. The average molecular weight is 744 g/mol. The topological polar surface area (TPSA) is 67.5 Å². The Morgan fingerprint density at radius 3 is 1.67 bits per heavy atom. The van der Waals surface area contributed by atoms with Crippen molar-refractivity contribution in [2.75, 3.05) is 51.4 Å². The van der Waals surface area contributed by atoms with Crippen LogP contribution in [0.5, 0.6) is 5.75 Å². The van der Waals surface area contributed by atoms with Crippen molar-refractivity contribution in [2.24, 2.45) is 0 Å². The van der Waals surface area contributed by atoms with Gasteiger partial charge in [0.25, 0.3) is 0 Å². The van der Waals surface area contributed by atoms with Gasteiger partial charge in [-0.2, -0.15) is 4.57 Å². The van der Waals surface area contributed by atoms with Gasteiger partial charge < -0.3 is 19.3 Å². The van der Waals surface area contributed by atoms with Crippen LogP contribution >= 0.6 is 69.6 Å². The molecule has 0 aliphatic rings. The van der Waals surface area contributed by atoms with Gasteiger partial charge in [-0.25, -0.2) is 15.0 Å². The number of benzene rings is 3. The molecule has 0 fully saturated rings. The summed E-state index contributed by atoms with van der Waals surface area (Å²) in [4.78, 5) is 16.7. The number of anilines is 2. The van der Waals surface area contributed by atoms with E-state index in [1.807, 2.05) is 0 Å². The fraction of sp³-hybridized carbons (Fsp3) is 0.312. The fourth-order valence-corrected chi connectivity index (χ4v) is 5.33. The van der Waals surface area contributed by atoms with E-state index in [1.54, 1.807) is 24.3 Å². The third kappa shape index (κ3) is 8.29. The highest BCUT2D eigenvalue weighted by atomic mass is 35.6. The van der Waals surface area contributed by atoms with E-state index in [1.165, 1.54) is 21.8 Å². The van der Waals surface area contributed by atoms with Crippen molar-refractivity contribution < 1.29 is 14.0 Å². The minimum atomic E-state index is -1.94. The van der Waals surface area contributed by atoms with E-state index in [0.29, 0.717) is 17.9 Å². The molecule has 0 unspecified atom stereocenters. The Bertz CT molecular complexity index is 1740. The van der Waals surface area contributed by atoms with E-state index in [-0.39, 0.29) is 24.3 Å². The first-order valence-electron chi connectivity index (χ1n) is 14.2. The molecule has 2 aromatic heterocycles. The number of ether oxygens (including phenoxy) is 2. The van der Waals surface area contributed by atoms with Crippen molar-refractivity contribution in [3.63, 3.8) is 0 Å². The van der Waals surface area contributed by atoms with Gasteiger partial charge in [-0.1, -0.05) is 69.6 Å². The van der Waals surface area contributed by atoms with E-state index in [4.69, 9.17) is 79.1 Å². The van der Waals surface area contributed by atoms with E-state index in [0.717, 1.165) is 24.3 Å². The highest BCUT2D eigenvalue weighted by molar-refractivity contribution is 6.67. The molecule has 0 spiro atoms. The van der Waals surface area contributed by atoms with Crippen LogP contribution in [-0.4, -0.2) is 56.5 Å². The quantitative estimate of drug-likeness (QED) is 0.0469. The monoisotopic (exact) mass is 741 g/mol. The van der Waals surface area contributed by atoms with Gasteiger partial charge in [0, 0.05) is 74.5 Å². The summed E-state index contributed by atoms with van der Waals surface area (Å²) in [5.41, 5.74) is 5.21. The predicted molar refractivity (Wildman–Crippen MR) is 190 cm³/mol. The second-order valence-corrected chi connectivity index (χ2v) is 15.5. The van der Waals surface area contributed by atoms with Crippen molar-refractivity contribution in [3.8, 4) is 17.1 Å². The Labute approximate surface area is 297 Å². The van der Waals surface area contributed by atoms with Crippen LogP contribution < -0.4 is 19.1 Å². The molecule has 0 atom stereocenters. The number of nitrogens with zero attached hydrogens (tertiary/aromatic N) is 6. The molecular weight excluding hydrogens is 713 g/mol. The van der Waals surface area contributed by atoms with E-state index in [2.05, 4.69) is 100.0 Å². The fourth-order valence-electron chi connectivity index (χ4n) is 4.82. The summed E-state index contributed by atoms with van der Waals surface area (Å²) in [6.45, 7) is 1.36. The largest absolute Gasteiger partial charge is 0.468 e. The summed E-state index contributed by atoms with van der Waals surface area (Å²) >= 11 is 35.9. The summed E-state index contributed by atoms with van der Waals surface area (Å²) in [5.74, 6) is 0.434. The molecule has 0 amide bonds. The highest BCUT2D eigenvalue weighted by Gasteiger charge is 2.34. The highest BCUT2D eigenvalue weighted by Crippen LogP contribution is 2.41. The number of fused-ring (bicyclic) bond motifs is 2. The van der Waals surface area contributed by atoms with Gasteiger partial charge in [0.05, 0.1) is 6.61 Å². The summed E-state index contributed by atoms with van der Waals surface area (Å²) in [6, 6.07) is 22.3. The van der Waals surface area contributed by atoms with Crippen LogP contribution in [0.3, 0.4) is 0 Å². The first-order chi connectivity index (χ1) is 21.7. The van der Waals surface area contributed by atoms with Crippen molar-refractivity contribution in [3.05, 3.63) is 78.4 Å². The van der Waals surface area contributed by atoms with Crippen molar-refractivity contribution >= 4 is 103 Å². The number of aromatic nitrogens is 4. The molecule has 5 rings (SSSR count). The number of aryl methyl sites for hydroxylation is 1. The molecule has 0 radical (unpaired) electrons. The van der Waals surface area contributed by atoms with E-state index >= 15 is 0 Å². The standard InChI is InChI=1S/C32H31Cl6N6O2/c1-42(2)23-10-6-21-16-22-7-11-24(43(3)4)18-27(22)44(26(21)17-23)14-5-15-45-19-46-25-12-8-20(9-13-25)28-39-29(31(33,34)35)41-30(40-28)32(36,37)38/h6-13,16-18H,5,14-15,19H2,1-4H3/q+1. The van der Waals surface area contributed by atoms with E-state index < -0.39 is 7.59 Å². The lowest BCUT2D eigenvalue weighted by Crippen LogP contribution is -2.36. The van der Waals surface area contributed by atoms with Crippen LogP contribution in [0, 0.1) is 0 Å². The minimum Gasteiger partial charge on any atom is -0.468 e. The molecule has 14 heteroatoms. The summed E-state index contributed by atoms with van der Waals surface area (Å²) in [7, 11) is 8.21. The van der Waals surface area contributed by atoms with Crippen molar-refractivity contribution in [2.45, 2.75) is 20.6 Å². The van der Waals surface area contributed by atoms with Gasteiger partial charge in [-0.05, 0) is 54.6 Å². The van der Waals surface area contributed by atoms with Crippen LogP contribution in [0.15, 0.2) is 66.7 Å². The number of halogens is 6. The van der Waals surface area contributed by atoms with Crippen LogP contribution in [0.25, 0.3) is 33.2 Å². The van der Waals surface area contributed by atoms with Crippen molar-refractivity contribution in [1.29, 1.82) is 0 Å². The van der Waals surface area contributed by atoms with Gasteiger partial charge in [-0.15, -0.1) is 0 Å². The van der Waals surface area contributed by atoms with Crippen LogP contribution in [0.4, 0.5) is 11.4 Å². The number of hydrogen-bond acceptors (Lipinski definition) is 7. The second kappa shape index (κ2) is 14.3. The Kier molecular flexibility index (Phi) is 10.8. The molecule has 0 saturated carbocycles. The maximum Gasteiger partial charge on any atom is 0.250 e. The van der Waals surface area contributed by atoms with E-state index in [9.17, 15) is 0 Å². The number of pyridine rings is 1. The number of rotatable bonds is 10. The summed E-state index contributed by atoms with van der Waals surface area (Å²) in [5, 5.41) is 2.38. The Hall–Kier alpha value is -2.56. The lowest BCUT2D eigenvalue weighted by Gasteiger charge is -2.15. The average Bonchev–Trinajstić information content (AvgIpc) is 3.00.